The molecule has 0 aliphatic carbocycles. The number of hydrogen-bond acceptors (Lipinski definition) is 2. The molecule has 3 unspecified atom stereocenters. The van der Waals surface area contributed by atoms with Gasteiger partial charge < -0.3 is 10.1 Å². The van der Waals surface area contributed by atoms with Gasteiger partial charge in [-0.2, -0.15) is 0 Å². The fourth-order valence-corrected chi connectivity index (χ4v) is 3.32. The molecule has 1 fully saturated rings. The van der Waals surface area contributed by atoms with Crippen molar-refractivity contribution in [3.63, 3.8) is 0 Å². The summed E-state index contributed by atoms with van der Waals surface area (Å²) in [6.45, 7) is 5.91. The van der Waals surface area contributed by atoms with E-state index in [1.54, 1.807) is 6.07 Å². The molecule has 0 aromatic heterocycles. The fourth-order valence-electron chi connectivity index (χ4n) is 3.13. The van der Waals surface area contributed by atoms with Crippen LogP contribution in [-0.2, 0) is 11.2 Å². The molecule has 1 aromatic carbocycles. The molecule has 1 saturated heterocycles. The second kappa shape index (κ2) is 7.39. The highest BCUT2D eigenvalue weighted by atomic mass is 35.5. The highest BCUT2D eigenvalue weighted by Crippen LogP contribution is 2.29. The number of nitrogens with one attached hydrogen (secondary N) is 1. The Labute approximate surface area is 125 Å². The summed E-state index contributed by atoms with van der Waals surface area (Å²) in [6.07, 6.45) is 2.98. The van der Waals surface area contributed by atoms with E-state index in [0.29, 0.717) is 17.9 Å². The van der Waals surface area contributed by atoms with E-state index < -0.39 is 0 Å². The first-order valence-corrected chi connectivity index (χ1v) is 7.83. The second-order valence-electron chi connectivity index (χ2n) is 5.35. The summed E-state index contributed by atoms with van der Waals surface area (Å²) >= 11 is 5.87. The van der Waals surface area contributed by atoms with E-state index in [0.717, 1.165) is 26.0 Å². The molecule has 2 rings (SSSR count). The standard InChI is InChI=1S/C16H23ClFNO/c1-3-15-12(8-9-20-15)14(19-4-2)10-11-6-5-7-13(17)16(11)18/h5-7,12,14-15,19H,3-4,8-10H2,1-2H3. The lowest BCUT2D eigenvalue weighted by Crippen LogP contribution is -2.41. The van der Waals surface area contributed by atoms with E-state index in [-0.39, 0.29) is 23.0 Å². The summed E-state index contributed by atoms with van der Waals surface area (Å²) in [5.41, 5.74) is 0.685. The maximum Gasteiger partial charge on any atom is 0.145 e. The Morgan fingerprint density at radius 3 is 2.95 bits per heavy atom. The average molecular weight is 300 g/mol. The number of rotatable bonds is 6. The minimum Gasteiger partial charge on any atom is -0.378 e. The molecule has 112 valence electrons. The summed E-state index contributed by atoms with van der Waals surface area (Å²) in [5, 5.41) is 3.70. The van der Waals surface area contributed by atoms with Gasteiger partial charge in [0, 0.05) is 18.6 Å². The zero-order valence-corrected chi connectivity index (χ0v) is 12.9. The van der Waals surface area contributed by atoms with Crippen LogP contribution in [0.25, 0.3) is 0 Å². The summed E-state index contributed by atoms with van der Waals surface area (Å²) in [5.74, 6) is 0.155. The Morgan fingerprint density at radius 2 is 2.25 bits per heavy atom. The Hall–Kier alpha value is -0.640. The van der Waals surface area contributed by atoms with Crippen molar-refractivity contribution in [3.8, 4) is 0 Å². The molecule has 0 spiro atoms. The monoisotopic (exact) mass is 299 g/mol. The van der Waals surface area contributed by atoms with Gasteiger partial charge in [0.15, 0.2) is 0 Å². The molecule has 3 atom stereocenters. The minimum atomic E-state index is -0.288. The van der Waals surface area contributed by atoms with Crippen molar-refractivity contribution in [3.05, 3.63) is 34.6 Å². The largest absolute Gasteiger partial charge is 0.378 e. The molecular weight excluding hydrogens is 277 g/mol. The third-order valence-electron chi connectivity index (χ3n) is 4.12. The van der Waals surface area contributed by atoms with Crippen molar-refractivity contribution in [2.75, 3.05) is 13.2 Å². The number of hydrogen-bond donors (Lipinski definition) is 1. The van der Waals surface area contributed by atoms with Crippen LogP contribution in [0, 0.1) is 11.7 Å². The first-order chi connectivity index (χ1) is 9.67. The van der Waals surface area contributed by atoms with Crippen LogP contribution in [0.5, 0.6) is 0 Å². The summed E-state index contributed by atoms with van der Waals surface area (Å²) in [6, 6.07) is 5.46. The lowest BCUT2D eigenvalue weighted by molar-refractivity contribution is 0.0775. The van der Waals surface area contributed by atoms with E-state index in [9.17, 15) is 4.39 Å². The van der Waals surface area contributed by atoms with Gasteiger partial charge in [-0.05, 0) is 37.4 Å². The van der Waals surface area contributed by atoms with Crippen LogP contribution in [0.2, 0.25) is 5.02 Å². The highest BCUT2D eigenvalue weighted by molar-refractivity contribution is 6.30. The van der Waals surface area contributed by atoms with Crippen LogP contribution >= 0.6 is 11.6 Å². The third kappa shape index (κ3) is 3.51. The van der Waals surface area contributed by atoms with Crippen molar-refractivity contribution < 1.29 is 9.13 Å². The lowest BCUT2D eigenvalue weighted by Gasteiger charge is -2.28. The molecule has 0 amide bonds. The Kier molecular flexibility index (Phi) is 5.82. The predicted octanol–water partition coefficient (Wildman–Crippen LogP) is 3.81. The second-order valence-corrected chi connectivity index (χ2v) is 5.76. The van der Waals surface area contributed by atoms with Crippen LogP contribution in [0.3, 0.4) is 0 Å². The third-order valence-corrected chi connectivity index (χ3v) is 4.41. The Balaban J connectivity index is 2.14. The first-order valence-electron chi connectivity index (χ1n) is 7.45. The smallest absolute Gasteiger partial charge is 0.145 e. The summed E-state index contributed by atoms with van der Waals surface area (Å²) in [4.78, 5) is 0. The molecule has 2 nitrogen and oxygen atoms in total. The number of ether oxygens (including phenoxy) is 1. The van der Waals surface area contributed by atoms with Crippen molar-refractivity contribution in [1.29, 1.82) is 0 Å². The molecule has 1 aliphatic rings. The first kappa shape index (κ1) is 15.7. The fraction of sp³-hybridized carbons (Fsp3) is 0.625. The van der Waals surface area contributed by atoms with Gasteiger partial charge in [-0.15, -0.1) is 0 Å². The zero-order valence-electron chi connectivity index (χ0n) is 12.2. The maximum atomic E-state index is 14.1. The quantitative estimate of drug-likeness (QED) is 0.862. The van der Waals surface area contributed by atoms with Gasteiger partial charge in [-0.1, -0.05) is 37.6 Å². The molecule has 4 heteroatoms. The van der Waals surface area contributed by atoms with Crippen LogP contribution in [0.15, 0.2) is 18.2 Å². The number of benzene rings is 1. The van der Waals surface area contributed by atoms with Gasteiger partial charge in [-0.3, -0.25) is 0 Å². The topological polar surface area (TPSA) is 21.3 Å². The van der Waals surface area contributed by atoms with Crippen LogP contribution < -0.4 is 5.32 Å². The van der Waals surface area contributed by atoms with Gasteiger partial charge in [0.05, 0.1) is 11.1 Å². The van der Waals surface area contributed by atoms with Gasteiger partial charge in [-0.25, -0.2) is 4.39 Å². The van der Waals surface area contributed by atoms with E-state index in [2.05, 4.69) is 19.2 Å². The molecule has 1 aromatic rings. The minimum absolute atomic E-state index is 0.201. The van der Waals surface area contributed by atoms with Crippen molar-refractivity contribution in [2.24, 2.45) is 5.92 Å². The molecule has 0 radical (unpaired) electrons. The van der Waals surface area contributed by atoms with Gasteiger partial charge in [0.25, 0.3) is 0 Å². The van der Waals surface area contributed by atoms with Crippen LogP contribution in [-0.4, -0.2) is 25.3 Å². The molecule has 0 bridgehead atoms. The maximum absolute atomic E-state index is 14.1. The summed E-state index contributed by atoms with van der Waals surface area (Å²) in [7, 11) is 0. The summed E-state index contributed by atoms with van der Waals surface area (Å²) < 4.78 is 19.9. The molecule has 0 saturated carbocycles. The van der Waals surface area contributed by atoms with Crippen LogP contribution in [0.4, 0.5) is 4.39 Å². The zero-order chi connectivity index (χ0) is 14.5. The molecule has 20 heavy (non-hydrogen) atoms. The van der Waals surface area contributed by atoms with Crippen molar-refractivity contribution in [1.82, 2.24) is 5.32 Å². The van der Waals surface area contributed by atoms with Gasteiger partial charge >= 0.3 is 0 Å². The predicted molar refractivity (Wildman–Crippen MR) is 80.7 cm³/mol. The van der Waals surface area contributed by atoms with E-state index in [1.807, 2.05) is 12.1 Å². The van der Waals surface area contributed by atoms with Gasteiger partial charge in [0.1, 0.15) is 5.82 Å². The van der Waals surface area contributed by atoms with Crippen molar-refractivity contribution in [2.45, 2.75) is 45.3 Å². The molecule has 1 heterocycles. The normalized spacial score (nSPS) is 24.0. The Morgan fingerprint density at radius 1 is 1.45 bits per heavy atom. The molecule has 1 aliphatic heterocycles. The average Bonchev–Trinajstić information content (AvgIpc) is 2.91. The van der Waals surface area contributed by atoms with Gasteiger partial charge in [0.2, 0.25) is 0 Å². The Bertz CT molecular complexity index is 440. The van der Waals surface area contributed by atoms with E-state index >= 15 is 0 Å². The van der Waals surface area contributed by atoms with Crippen LogP contribution in [0.1, 0.15) is 32.3 Å². The van der Waals surface area contributed by atoms with Crippen molar-refractivity contribution >= 4 is 11.6 Å². The number of likely N-dealkylation sites (N-methyl/N-ethyl adjacent to an activating group) is 1. The number of halogens is 2. The molecule has 1 N–H and O–H groups in total. The molecular formula is C16H23ClFNO. The van der Waals surface area contributed by atoms with E-state index in [1.165, 1.54) is 0 Å². The van der Waals surface area contributed by atoms with E-state index in [4.69, 9.17) is 16.3 Å². The SMILES string of the molecule is CCNC(Cc1cccc(Cl)c1F)C1CCOC1CC. The lowest BCUT2D eigenvalue weighted by atomic mass is 9.87. The highest BCUT2D eigenvalue weighted by Gasteiger charge is 2.33.